The molecule has 5 nitrogen and oxygen atoms in total. The maximum absolute atomic E-state index is 11.5. The molecule has 1 atom stereocenters. The van der Waals surface area contributed by atoms with Crippen molar-refractivity contribution in [2.75, 3.05) is 5.32 Å². The van der Waals surface area contributed by atoms with Crippen LogP contribution in [0.15, 0.2) is 28.7 Å². The highest BCUT2D eigenvalue weighted by atomic mass is 79.9. The van der Waals surface area contributed by atoms with E-state index in [4.69, 9.17) is 5.11 Å². The van der Waals surface area contributed by atoms with Gasteiger partial charge in [0.1, 0.15) is 0 Å². The average Bonchev–Trinajstić information content (AvgIpc) is 2.19. The standard InChI is InChI=1S/C11H13BrN2O3/c1-7(6-10(15)16)13-11(17)14-9-4-2-8(12)3-5-9/h2-5,7H,6H2,1H3,(H,15,16)(H2,13,14,17)/t7-/m1/s1. The zero-order chi connectivity index (χ0) is 12.8. The molecule has 0 heterocycles. The summed E-state index contributed by atoms with van der Waals surface area (Å²) in [7, 11) is 0. The van der Waals surface area contributed by atoms with Crippen LogP contribution in [-0.4, -0.2) is 23.1 Å². The summed E-state index contributed by atoms with van der Waals surface area (Å²) < 4.78 is 0.919. The summed E-state index contributed by atoms with van der Waals surface area (Å²) in [6.07, 6.45) is -0.103. The van der Waals surface area contributed by atoms with Gasteiger partial charge in [0.15, 0.2) is 0 Å². The Hall–Kier alpha value is -1.56. The predicted molar refractivity (Wildman–Crippen MR) is 68.0 cm³/mol. The number of urea groups is 1. The smallest absolute Gasteiger partial charge is 0.319 e. The van der Waals surface area contributed by atoms with Crippen molar-refractivity contribution in [3.8, 4) is 0 Å². The number of anilines is 1. The molecule has 0 unspecified atom stereocenters. The Balaban J connectivity index is 2.44. The topological polar surface area (TPSA) is 78.4 Å². The Bertz CT molecular complexity index is 406. The van der Waals surface area contributed by atoms with E-state index >= 15 is 0 Å². The van der Waals surface area contributed by atoms with Crippen LogP contribution in [0.2, 0.25) is 0 Å². The lowest BCUT2D eigenvalue weighted by Gasteiger charge is -2.12. The minimum Gasteiger partial charge on any atom is -0.481 e. The van der Waals surface area contributed by atoms with E-state index in [1.54, 1.807) is 31.2 Å². The summed E-state index contributed by atoms with van der Waals surface area (Å²) in [5.41, 5.74) is 0.647. The maximum atomic E-state index is 11.5. The third-order valence-electron chi connectivity index (χ3n) is 1.96. The number of amides is 2. The first-order valence-electron chi connectivity index (χ1n) is 5.02. The fraction of sp³-hybridized carbons (Fsp3) is 0.273. The zero-order valence-corrected chi connectivity index (χ0v) is 10.8. The number of hydrogen-bond acceptors (Lipinski definition) is 2. The van der Waals surface area contributed by atoms with Crippen molar-refractivity contribution >= 4 is 33.6 Å². The molecule has 6 heteroatoms. The van der Waals surface area contributed by atoms with Gasteiger partial charge in [-0.15, -0.1) is 0 Å². The fourth-order valence-corrected chi connectivity index (χ4v) is 1.50. The predicted octanol–water partition coefficient (Wildman–Crippen LogP) is 2.43. The van der Waals surface area contributed by atoms with Crippen LogP contribution in [0.5, 0.6) is 0 Å². The van der Waals surface area contributed by atoms with Crippen LogP contribution in [0.25, 0.3) is 0 Å². The van der Waals surface area contributed by atoms with E-state index in [-0.39, 0.29) is 6.42 Å². The molecule has 0 saturated heterocycles. The van der Waals surface area contributed by atoms with E-state index in [9.17, 15) is 9.59 Å². The van der Waals surface area contributed by atoms with Crippen molar-refractivity contribution in [1.29, 1.82) is 0 Å². The highest BCUT2D eigenvalue weighted by Gasteiger charge is 2.10. The second-order valence-corrected chi connectivity index (χ2v) is 4.52. The fourth-order valence-electron chi connectivity index (χ4n) is 1.24. The minimum absolute atomic E-state index is 0.103. The van der Waals surface area contributed by atoms with Crippen LogP contribution in [0.1, 0.15) is 13.3 Å². The summed E-state index contributed by atoms with van der Waals surface area (Å²) in [6.45, 7) is 1.63. The monoisotopic (exact) mass is 300 g/mol. The van der Waals surface area contributed by atoms with E-state index in [0.29, 0.717) is 5.69 Å². The van der Waals surface area contributed by atoms with Crippen molar-refractivity contribution in [3.05, 3.63) is 28.7 Å². The summed E-state index contributed by atoms with van der Waals surface area (Å²) in [4.78, 5) is 21.9. The molecule has 0 saturated carbocycles. The molecule has 2 amide bonds. The molecule has 0 fully saturated rings. The van der Waals surface area contributed by atoms with Gasteiger partial charge in [0, 0.05) is 16.2 Å². The molecular weight excluding hydrogens is 288 g/mol. The first kappa shape index (κ1) is 13.5. The minimum atomic E-state index is -0.943. The number of halogens is 1. The molecule has 1 aromatic carbocycles. The molecule has 0 bridgehead atoms. The Morgan fingerprint density at radius 3 is 2.47 bits per heavy atom. The Labute approximate surface area is 107 Å². The molecule has 92 valence electrons. The van der Waals surface area contributed by atoms with Crippen molar-refractivity contribution in [1.82, 2.24) is 5.32 Å². The summed E-state index contributed by atoms with van der Waals surface area (Å²) in [5, 5.41) is 13.7. The van der Waals surface area contributed by atoms with Gasteiger partial charge in [0.25, 0.3) is 0 Å². The molecule has 0 aliphatic rings. The number of hydrogen-bond donors (Lipinski definition) is 3. The lowest BCUT2D eigenvalue weighted by Crippen LogP contribution is -2.37. The van der Waals surface area contributed by atoms with Crippen LogP contribution in [0, 0.1) is 0 Å². The molecule has 0 radical (unpaired) electrons. The van der Waals surface area contributed by atoms with Crippen LogP contribution in [0.3, 0.4) is 0 Å². The quantitative estimate of drug-likeness (QED) is 0.799. The maximum Gasteiger partial charge on any atom is 0.319 e. The molecule has 17 heavy (non-hydrogen) atoms. The number of nitrogens with one attached hydrogen (secondary N) is 2. The van der Waals surface area contributed by atoms with E-state index in [1.807, 2.05) is 0 Å². The molecule has 0 aromatic heterocycles. The molecule has 0 aliphatic carbocycles. The van der Waals surface area contributed by atoms with Gasteiger partial charge in [-0.3, -0.25) is 4.79 Å². The van der Waals surface area contributed by atoms with Crippen molar-refractivity contribution in [2.24, 2.45) is 0 Å². The number of rotatable bonds is 4. The number of aliphatic carboxylic acids is 1. The van der Waals surface area contributed by atoms with E-state index in [0.717, 1.165) is 4.47 Å². The summed E-state index contributed by atoms with van der Waals surface area (Å²) in [5.74, 6) is -0.943. The van der Waals surface area contributed by atoms with Gasteiger partial charge in [-0.1, -0.05) is 15.9 Å². The molecular formula is C11H13BrN2O3. The molecule has 1 rings (SSSR count). The Morgan fingerprint density at radius 2 is 1.94 bits per heavy atom. The first-order chi connectivity index (χ1) is 7.97. The highest BCUT2D eigenvalue weighted by Crippen LogP contribution is 2.13. The van der Waals surface area contributed by atoms with Gasteiger partial charge >= 0.3 is 12.0 Å². The van der Waals surface area contributed by atoms with Crippen molar-refractivity contribution < 1.29 is 14.7 Å². The van der Waals surface area contributed by atoms with Crippen molar-refractivity contribution in [2.45, 2.75) is 19.4 Å². The number of carbonyl (C=O) groups is 2. The molecule has 1 aromatic rings. The lowest BCUT2D eigenvalue weighted by atomic mass is 10.2. The van der Waals surface area contributed by atoms with Crippen LogP contribution in [-0.2, 0) is 4.79 Å². The van der Waals surface area contributed by atoms with E-state index in [2.05, 4.69) is 26.6 Å². The van der Waals surface area contributed by atoms with E-state index in [1.165, 1.54) is 0 Å². The zero-order valence-electron chi connectivity index (χ0n) is 9.24. The number of benzene rings is 1. The number of carboxylic acids is 1. The number of carbonyl (C=O) groups excluding carboxylic acids is 1. The molecule has 0 spiro atoms. The molecule has 0 aliphatic heterocycles. The van der Waals surface area contributed by atoms with Gasteiger partial charge in [-0.25, -0.2) is 4.79 Å². The number of carboxylic acid groups (broad SMARTS) is 1. The second-order valence-electron chi connectivity index (χ2n) is 3.60. The van der Waals surface area contributed by atoms with Gasteiger partial charge < -0.3 is 15.7 Å². The third-order valence-corrected chi connectivity index (χ3v) is 2.49. The van der Waals surface area contributed by atoms with Crippen LogP contribution >= 0.6 is 15.9 Å². The van der Waals surface area contributed by atoms with Gasteiger partial charge in [-0.05, 0) is 31.2 Å². The second kappa shape index (κ2) is 6.24. The van der Waals surface area contributed by atoms with Gasteiger partial charge in [0.2, 0.25) is 0 Å². The SMILES string of the molecule is C[C@H](CC(=O)O)NC(=O)Nc1ccc(Br)cc1. The summed E-state index contributed by atoms with van der Waals surface area (Å²) in [6, 6.07) is 6.26. The highest BCUT2D eigenvalue weighted by molar-refractivity contribution is 9.10. The summed E-state index contributed by atoms with van der Waals surface area (Å²) >= 11 is 3.29. The van der Waals surface area contributed by atoms with Gasteiger partial charge in [-0.2, -0.15) is 0 Å². The Morgan fingerprint density at radius 1 is 1.35 bits per heavy atom. The Kier molecular flexibility index (Phi) is 4.96. The normalized spacial score (nSPS) is 11.6. The van der Waals surface area contributed by atoms with E-state index < -0.39 is 18.0 Å². The first-order valence-corrected chi connectivity index (χ1v) is 5.81. The lowest BCUT2D eigenvalue weighted by molar-refractivity contribution is -0.137. The largest absolute Gasteiger partial charge is 0.481 e. The van der Waals surface area contributed by atoms with Crippen molar-refractivity contribution in [3.63, 3.8) is 0 Å². The van der Waals surface area contributed by atoms with Gasteiger partial charge in [0.05, 0.1) is 6.42 Å². The third kappa shape index (κ3) is 5.35. The molecule has 3 N–H and O–H groups in total. The average molecular weight is 301 g/mol. The van der Waals surface area contributed by atoms with Crippen LogP contribution < -0.4 is 10.6 Å². The van der Waals surface area contributed by atoms with Crippen LogP contribution in [0.4, 0.5) is 10.5 Å².